The van der Waals surface area contributed by atoms with Crippen molar-refractivity contribution >= 4 is 39.1 Å². The number of fused-ring (bicyclic) bond motifs is 3. The van der Waals surface area contributed by atoms with Gasteiger partial charge in [0.2, 0.25) is 0 Å². The van der Waals surface area contributed by atoms with Gasteiger partial charge in [-0.05, 0) is 42.0 Å². The largest absolute Gasteiger partial charge is 0.389 e. The monoisotopic (exact) mass is 365 g/mol. The van der Waals surface area contributed by atoms with Gasteiger partial charge in [0.15, 0.2) is 0 Å². The third kappa shape index (κ3) is 2.34. The maximum absolute atomic E-state index is 13.3. The summed E-state index contributed by atoms with van der Waals surface area (Å²) < 4.78 is 16.9. The number of aromatic nitrogens is 2. The van der Waals surface area contributed by atoms with Crippen molar-refractivity contribution in [3.05, 3.63) is 70.3 Å². The average Bonchev–Trinajstić information content (AvgIpc) is 2.91. The van der Waals surface area contributed by atoms with Gasteiger partial charge in [-0.2, -0.15) is 0 Å². The molecule has 0 bridgehead atoms. The third-order valence-electron chi connectivity index (χ3n) is 4.79. The number of nitrogens with two attached hydrogens (primary N) is 1. The molecule has 4 nitrogen and oxygen atoms in total. The number of thiocarbonyl (C=S) groups is 1. The van der Waals surface area contributed by atoms with Crippen LogP contribution in [0.4, 0.5) is 4.39 Å². The van der Waals surface area contributed by atoms with E-state index in [1.807, 2.05) is 35.9 Å². The zero-order chi connectivity index (χ0) is 18.6. The van der Waals surface area contributed by atoms with Gasteiger partial charge in [-0.25, -0.2) is 4.39 Å². The fraction of sp³-hybridized carbons (Fsp3) is 0.100. The maximum atomic E-state index is 13.3. The molecule has 0 saturated carbocycles. The minimum Gasteiger partial charge on any atom is -0.389 e. The Morgan fingerprint density at radius 1 is 1.00 bits per heavy atom. The Kier molecular flexibility index (Phi) is 3.66. The number of benzene rings is 2. The van der Waals surface area contributed by atoms with Crippen LogP contribution in [0.1, 0.15) is 5.56 Å². The smallest absolute Gasteiger partial charge is 0.259 e. The van der Waals surface area contributed by atoms with E-state index in [4.69, 9.17) is 18.0 Å². The average molecular weight is 365 g/mol. The number of hydrogen-bond donors (Lipinski definition) is 1. The molecule has 2 N–H and O–H groups in total. The topological polar surface area (TPSA) is 52.9 Å². The molecular weight excluding hydrogens is 349 g/mol. The molecule has 6 heteroatoms. The molecule has 2 aromatic carbocycles. The van der Waals surface area contributed by atoms with Crippen LogP contribution in [-0.2, 0) is 14.1 Å². The molecule has 4 rings (SSSR count). The first-order valence-corrected chi connectivity index (χ1v) is 8.47. The third-order valence-corrected chi connectivity index (χ3v) is 5.02. The molecule has 0 saturated heterocycles. The van der Waals surface area contributed by atoms with E-state index in [-0.39, 0.29) is 11.4 Å². The maximum Gasteiger partial charge on any atom is 0.259 e. The van der Waals surface area contributed by atoms with Crippen LogP contribution in [0.3, 0.4) is 0 Å². The number of pyridine rings is 1. The Bertz CT molecular complexity index is 1250. The highest BCUT2D eigenvalue weighted by molar-refractivity contribution is 7.80. The number of hydrogen-bond acceptors (Lipinski definition) is 2. The van der Waals surface area contributed by atoms with E-state index >= 15 is 0 Å². The zero-order valence-electron chi connectivity index (χ0n) is 14.3. The molecule has 0 radical (unpaired) electrons. The highest BCUT2D eigenvalue weighted by Gasteiger charge is 2.16. The van der Waals surface area contributed by atoms with Crippen molar-refractivity contribution in [1.29, 1.82) is 0 Å². The lowest BCUT2D eigenvalue weighted by Gasteiger charge is -2.08. The van der Waals surface area contributed by atoms with Gasteiger partial charge in [-0.3, -0.25) is 9.36 Å². The van der Waals surface area contributed by atoms with Crippen molar-refractivity contribution in [1.82, 2.24) is 9.13 Å². The predicted molar refractivity (Wildman–Crippen MR) is 107 cm³/mol. The van der Waals surface area contributed by atoms with Gasteiger partial charge in [-0.1, -0.05) is 24.4 Å². The first kappa shape index (κ1) is 16.5. The van der Waals surface area contributed by atoms with Crippen molar-refractivity contribution in [2.75, 3.05) is 0 Å². The molecule has 0 aliphatic rings. The van der Waals surface area contributed by atoms with Crippen molar-refractivity contribution in [2.24, 2.45) is 19.8 Å². The lowest BCUT2D eigenvalue weighted by Crippen LogP contribution is -2.20. The van der Waals surface area contributed by atoms with Gasteiger partial charge in [0, 0.05) is 36.0 Å². The molecule has 26 heavy (non-hydrogen) atoms. The zero-order valence-corrected chi connectivity index (χ0v) is 15.1. The fourth-order valence-electron chi connectivity index (χ4n) is 3.48. The number of rotatable bonds is 2. The summed E-state index contributed by atoms with van der Waals surface area (Å²) in [5.41, 5.74) is 9.40. The Morgan fingerprint density at radius 2 is 1.69 bits per heavy atom. The number of nitrogens with zero attached hydrogens (tertiary/aromatic N) is 2. The standard InChI is InChI=1S/C20H16FN3OS/c1-23-17-8-5-12(18(22)26)9-15(17)16-10-14(20(25)24(2)19(16)23)11-3-6-13(21)7-4-11/h3-10H,1-2H3,(H2,22,26). The second-order valence-corrected chi connectivity index (χ2v) is 6.76. The lowest BCUT2D eigenvalue weighted by atomic mass is 10.0. The summed E-state index contributed by atoms with van der Waals surface area (Å²) in [5.74, 6) is -0.335. The van der Waals surface area contributed by atoms with E-state index in [1.165, 1.54) is 12.1 Å². The molecule has 4 aromatic rings. The fourth-order valence-corrected chi connectivity index (χ4v) is 3.61. The van der Waals surface area contributed by atoms with Crippen LogP contribution in [0.15, 0.2) is 53.3 Å². The summed E-state index contributed by atoms with van der Waals surface area (Å²) in [7, 11) is 3.66. The van der Waals surface area contributed by atoms with Gasteiger partial charge < -0.3 is 10.3 Å². The van der Waals surface area contributed by atoms with Crippen LogP contribution in [0.5, 0.6) is 0 Å². The molecule has 0 amide bonds. The molecule has 0 spiro atoms. The molecule has 130 valence electrons. The summed E-state index contributed by atoms with van der Waals surface area (Å²) in [5, 5.41) is 1.88. The van der Waals surface area contributed by atoms with E-state index in [0.717, 1.165) is 27.5 Å². The highest BCUT2D eigenvalue weighted by Crippen LogP contribution is 2.30. The molecule has 0 unspecified atom stereocenters. The Morgan fingerprint density at radius 3 is 2.35 bits per heavy atom. The van der Waals surface area contributed by atoms with Gasteiger partial charge in [0.1, 0.15) is 16.5 Å². The molecule has 0 aliphatic heterocycles. The van der Waals surface area contributed by atoms with Crippen LogP contribution in [0, 0.1) is 5.82 Å². The first-order chi connectivity index (χ1) is 12.4. The molecule has 0 atom stereocenters. The second kappa shape index (κ2) is 5.78. The van der Waals surface area contributed by atoms with Gasteiger partial charge in [0.05, 0.1) is 5.52 Å². The molecule has 0 aliphatic carbocycles. The first-order valence-electron chi connectivity index (χ1n) is 8.06. The van der Waals surface area contributed by atoms with Crippen molar-refractivity contribution in [3.63, 3.8) is 0 Å². The normalized spacial score (nSPS) is 11.3. The minimum absolute atomic E-state index is 0.135. The van der Waals surface area contributed by atoms with E-state index in [1.54, 1.807) is 23.7 Å². The Balaban J connectivity index is 2.13. The van der Waals surface area contributed by atoms with E-state index in [2.05, 4.69) is 0 Å². The van der Waals surface area contributed by atoms with E-state index in [0.29, 0.717) is 16.1 Å². The summed E-state index contributed by atoms with van der Waals surface area (Å²) in [6.45, 7) is 0. The Labute approximate surface area is 154 Å². The van der Waals surface area contributed by atoms with Crippen LogP contribution in [0.25, 0.3) is 33.1 Å². The lowest BCUT2D eigenvalue weighted by molar-refractivity contribution is 0.628. The number of halogens is 1. The van der Waals surface area contributed by atoms with Gasteiger partial charge in [0.25, 0.3) is 5.56 Å². The van der Waals surface area contributed by atoms with Crippen LogP contribution < -0.4 is 11.3 Å². The summed E-state index contributed by atoms with van der Waals surface area (Å²) in [6, 6.07) is 13.6. The van der Waals surface area contributed by atoms with Crippen LogP contribution in [-0.4, -0.2) is 14.1 Å². The molecule has 2 heterocycles. The highest BCUT2D eigenvalue weighted by atomic mass is 32.1. The molecular formula is C20H16FN3OS. The SMILES string of the molecule is Cn1c(=O)c(-c2ccc(F)cc2)cc2c3cc(C(N)=S)ccc3n(C)c21. The Hall–Kier alpha value is -2.99. The van der Waals surface area contributed by atoms with Crippen LogP contribution >= 0.6 is 12.2 Å². The van der Waals surface area contributed by atoms with E-state index in [9.17, 15) is 9.18 Å². The minimum atomic E-state index is -0.335. The van der Waals surface area contributed by atoms with Gasteiger partial charge in [-0.15, -0.1) is 0 Å². The van der Waals surface area contributed by atoms with Crippen LogP contribution in [0.2, 0.25) is 0 Å². The van der Waals surface area contributed by atoms with Crippen molar-refractivity contribution in [2.45, 2.75) is 0 Å². The second-order valence-electron chi connectivity index (χ2n) is 6.32. The summed E-state index contributed by atoms with van der Waals surface area (Å²) >= 11 is 5.10. The predicted octanol–water partition coefficient (Wildman–Crippen LogP) is 3.47. The summed E-state index contributed by atoms with van der Waals surface area (Å²) in [4.78, 5) is 13.2. The van der Waals surface area contributed by atoms with E-state index < -0.39 is 0 Å². The van der Waals surface area contributed by atoms with Crippen molar-refractivity contribution < 1.29 is 4.39 Å². The molecule has 2 aromatic heterocycles. The van der Waals surface area contributed by atoms with Gasteiger partial charge >= 0.3 is 0 Å². The number of aryl methyl sites for hydroxylation is 2. The molecule has 0 fully saturated rings. The quantitative estimate of drug-likeness (QED) is 0.554. The van der Waals surface area contributed by atoms with Crippen molar-refractivity contribution in [3.8, 4) is 11.1 Å². The summed E-state index contributed by atoms with van der Waals surface area (Å²) in [6.07, 6.45) is 0.